The lowest BCUT2D eigenvalue weighted by atomic mass is 9.80. The zero-order valence-electron chi connectivity index (χ0n) is 13.5. The second-order valence-corrected chi connectivity index (χ2v) is 6.87. The predicted octanol–water partition coefficient (Wildman–Crippen LogP) is 2.83. The number of benzene rings is 2. The van der Waals surface area contributed by atoms with Gasteiger partial charge < -0.3 is 10.2 Å². The van der Waals surface area contributed by atoms with E-state index in [-0.39, 0.29) is 17.9 Å². The van der Waals surface area contributed by atoms with E-state index in [1.807, 2.05) is 30.3 Å². The quantitative estimate of drug-likeness (QED) is 0.848. The molecule has 0 bridgehead atoms. The van der Waals surface area contributed by atoms with Gasteiger partial charge in [-0.25, -0.2) is 0 Å². The molecule has 0 radical (unpaired) electrons. The Labute approximate surface area is 145 Å². The molecule has 23 heavy (non-hydrogen) atoms. The number of quaternary nitrogens is 1. The topological polar surface area (TPSA) is 33.5 Å². The highest BCUT2D eigenvalue weighted by Gasteiger charge is 2.42. The van der Waals surface area contributed by atoms with Gasteiger partial charge in [-0.15, -0.1) is 0 Å². The molecule has 2 atom stereocenters. The number of likely N-dealkylation sites (N-methyl/N-ethyl adjacent to an activating group) is 1. The summed E-state index contributed by atoms with van der Waals surface area (Å²) in [6, 6.07) is 16.4. The van der Waals surface area contributed by atoms with Gasteiger partial charge in [-0.05, 0) is 43.2 Å². The van der Waals surface area contributed by atoms with E-state index < -0.39 is 0 Å². The summed E-state index contributed by atoms with van der Waals surface area (Å²) in [5.74, 6) is 0.194. The minimum absolute atomic E-state index is 0.0762. The molecule has 4 heteroatoms. The number of hydrogen-bond donors (Lipinski definition) is 2. The summed E-state index contributed by atoms with van der Waals surface area (Å²) in [5, 5.41) is 3.11. The van der Waals surface area contributed by atoms with Gasteiger partial charge in [-0.3, -0.25) is 4.79 Å². The lowest BCUT2D eigenvalue weighted by Gasteiger charge is -2.37. The highest BCUT2D eigenvalue weighted by atomic mass is 79.9. The molecular weight excluding hydrogens is 352 g/mol. The summed E-state index contributed by atoms with van der Waals surface area (Å²) in [4.78, 5) is 14.1. The number of fused-ring (bicyclic) bond motifs is 1. The van der Waals surface area contributed by atoms with Crippen LogP contribution in [0, 0.1) is 0 Å². The van der Waals surface area contributed by atoms with E-state index in [4.69, 9.17) is 0 Å². The van der Waals surface area contributed by atoms with Crippen LogP contribution in [-0.4, -0.2) is 25.0 Å². The summed E-state index contributed by atoms with van der Waals surface area (Å²) in [6.45, 7) is 6.15. The zero-order valence-corrected chi connectivity index (χ0v) is 15.1. The van der Waals surface area contributed by atoms with Crippen LogP contribution in [0.1, 0.15) is 30.9 Å². The number of nitrogens with one attached hydrogen (secondary N) is 2. The summed E-state index contributed by atoms with van der Waals surface area (Å²) < 4.78 is 1.04. The van der Waals surface area contributed by atoms with Crippen LogP contribution in [0.2, 0.25) is 0 Å². The van der Waals surface area contributed by atoms with E-state index in [0.717, 1.165) is 23.2 Å². The molecule has 0 saturated heterocycles. The van der Waals surface area contributed by atoms with Crippen LogP contribution < -0.4 is 10.2 Å². The highest BCUT2D eigenvalue weighted by Crippen LogP contribution is 2.37. The van der Waals surface area contributed by atoms with Crippen LogP contribution in [-0.2, 0) is 4.79 Å². The maximum absolute atomic E-state index is 12.8. The Kier molecular flexibility index (Phi) is 4.83. The predicted molar refractivity (Wildman–Crippen MR) is 96.9 cm³/mol. The third-order valence-electron chi connectivity index (χ3n) is 4.73. The van der Waals surface area contributed by atoms with Crippen molar-refractivity contribution in [2.24, 2.45) is 0 Å². The maximum Gasteiger partial charge on any atom is 0.283 e. The Hall–Kier alpha value is -1.65. The van der Waals surface area contributed by atoms with Crippen molar-refractivity contribution in [2.45, 2.75) is 25.8 Å². The number of carbonyl (C=O) groups is 1. The fraction of sp³-hybridized carbons (Fsp3) is 0.316. The number of carbonyl (C=O) groups excluding carboxylic acids is 1. The number of rotatable bonds is 4. The Balaban J connectivity index is 2.17. The minimum Gasteiger partial charge on any atom is -0.324 e. The van der Waals surface area contributed by atoms with Crippen LogP contribution in [0.3, 0.4) is 0 Å². The average Bonchev–Trinajstić information content (AvgIpc) is 2.57. The number of amides is 1. The Morgan fingerprint density at radius 3 is 2.43 bits per heavy atom. The second kappa shape index (κ2) is 6.85. The molecular formula is C19H22BrN2O+. The third kappa shape index (κ3) is 3.06. The number of halogens is 1. The molecule has 120 valence electrons. The summed E-state index contributed by atoms with van der Waals surface area (Å²) in [5.41, 5.74) is 3.32. The van der Waals surface area contributed by atoms with E-state index in [2.05, 4.69) is 53.3 Å². The van der Waals surface area contributed by atoms with Gasteiger partial charge in [0.05, 0.1) is 19.0 Å². The van der Waals surface area contributed by atoms with Crippen molar-refractivity contribution in [3.05, 3.63) is 64.1 Å². The lowest BCUT2D eigenvalue weighted by molar-refractivity contribution is -0.913. The number of anilines is 1. The van der Waals surface area contributed by atoms with E-state index in [0.29, 0.717) is 0 Å². The van der Waals surface area contributed by atoms with Crippen molar-refractivity contribution in [3.8, 4) is 0 Å². The van der Waals surface area contributed by atoms with E-state index in [1.165, 1.54) is 16.0 Å². The van der Waals surface area contributed by atoms with Gasteiger partial charge in [-0.1, -0.05) is 46.3 Å². The van der Waals surface area contributed by atoms with Gasteiger partial charge in [0.15, 0.2) is 6.04 Å². The summed E-state index contributed by atoms with van der Waals surface area (Å²) in [7, 11) is 0. The SMILES string of the molecule is CC[NH+](CC)[C@H]1C(=O)Nc2ccc(Br)cc2[C@H]1c1ccccc1. The average molecular weight is 374 g/mol. The molecule has 3 rings (SSSR count). The Morgan fingerprint density at radius 1 is 1.09 bits per heavy atom. The highest BCUT2D eigenvalue weighted by molar-refractivity contribution is 9.10. The first kappa shape index (κ1) is 16.2. The van der Waals surface area contributed by atoms with Gasteiger partial charge in [0.1, 0.15) is 0 Å². The minimum atomic E-state index is -0.103. The van der Waals surface area contributed by atoms with Crippen LogP contribution >= 0.6 is 15.9 Å². The maximum atomic E-state index is 12.8. The Bertz CT molecular complexity index is 698. The van der Waals surface area contributed by atoms with Gasteiger partial charge in [-0.2, -0.15) is 0 Å². The van der Waals surface area contributed by atoms with Gasteiger partial charge in [0.25, 0.3) is 5.91 Å². The molecule has 0 aliphatic carbocycles. The smallest absolute Gasteiger partial charge is 0.283 e. The van der Waals surface area contributed by atoms with Crippen molar-refractivity contribution in [2.75, 3.05) is 18.4 Å². The van der Waals surface area contributed by atoms with Crippen LogP contribution in [0.25, 0.3) is 0 Å². The summed E-state index contributed by atoms with van der Waals surface area (Å²) >= 11 is 3.58. The van der Waals surface area contributed by atoms with Crippen molar-refractivity contribution in [1.82, 2.24) is 0 Å². The van der Waals surface area contributed by atoms with Crippen LogP contribution in [0.5, 0.6) is 0 Å². The van der Waals surface area contributed by atoms with E-state index >= 15 is 0 Å². The monoisotopic (exact) mass is 373 g/mol. The van der Waals surface area contributed by atoms with Crippen LogP contribution in [0.15, 0.2) is 53.0 Å². The molecule has 2 aromatic carbocycles. The molecule has 0 spiro atoms. The molecule has 0 unspecified atom stereocenters. The van der Waals surface area contributed by atoms with Crippen molar-refractivity contribution >= 4 is 27.5 Å². The normalized spacial score (nSPS) is 20.3. The fourth-order valence-corrected chi connectivity index (χ4v) is 3.97. The molecule has 1 aliphatic heterocycles. The van der Waals surface area contributed by atoms with Crippen molar-refractivity contribution in [3.63, 3.8) is 0 Å². The van der Waals surface area contributed by atoms with Gasteiger partial charge in [0, 0.05) is 10.2 Å². The Morgan fingerprint density at radius 2 is 1.78 bits per heavy atom. The van der Waals surface area contributed by atoms with Crippen molar-refractivity contribution in [1.29, 1.82) is 0 Å². The molecule has 1 heterocycles. The molecule has 1 aliphatic rings. The largest absolute Gasteiger partial charge is 0.324 e. The standard InChI is InChI=1S/C19H21BrN2O/c1-3-22(4-2)18-17(13-8-6-5-7-9-13)15-12-14(20)10-11-16(15)21-19(18)23/h5-12,17-18H,3-4H2,1-2H3,(H,21,23)/p+1/t17-,18-/m1/s1. The van der Waals surface area contributed by atoms with Crippen molar-refractivity contribution < 1.29 is 9.69 Å². The lowest BCUT2D eigenvalue weighted by Crippen LogP contribution is -3.17. The molecule has 0 aromatic heterocycles. The van der Waals surface area contributed by atoms with Gasteiger partial charge >= 0.3 is 0 Å². The zero-order chi connectivity index (χ0) is 16.4. The molecule has 0 fully saturated rings. The molecule has 2 N–H and O–H groups in total. The second-order valence-electron chi connectivity index (χ2n) is 5.95. The molecule has 1 amide bonds. The molecule has 2 aromatic rings. The third-order valence-corrected chi connectivity index (χ3v) is 5.22. The number of hydrogen-bond acceptors (Lipinski definition) is 1. The summed E-state index contributed by atoms with van der Waals surface area (Å²) in [6.07, 6.45) is 0. The van der Waals surface area contributed by atoms with Crippen LogP contribution in [0.4, 0.5) is 5.69 Å². The molecule has 3 nitrogen and oxygen atoms in total. The van der Waals surface area contributed by atoms with E-state index in [1.54, 1.807) is 0 Å². The first-order chi connectivity index (χ1) is 11.2. The van der Waals surface area contributed by atoms with Gasteiger partial charge in [0.2, 0.25) is 0 Å². The fourth-order valence-electron chi connectivity index (χ4n) is 3.59. The first-order valence-corrected chi connectivity index (χ1v) is 8.94. The first-order valence-electron chi connectivity index (χ1n) is 8.15. The molecule has 0 saturated carbocycles. The van der Waals surface area contributed by atoms with E-state index in [9.17, 15) is 4.79 Å².